The van der Waals surface area contributed by atoms with Crippen molar-refractivity contribution in [3.8, 4) is 0 Å². The Balaban J connectivity index is 1.49. The molecule has 0 spiro atoms. The van der Waals surface area contributed by atoms with E-state index in [0.29, 0.717) is 6.04 Å². The van der Waals surface area contributed by atoms with Crippen molar-refractivity contribution in [1.82, 2.24) is 5.32 Å². The van der Waals surface area contributed by atoms with Crippen LogP contribution >= 0.6 is 0 Å². The normalized spacial score (nSPS) is 32.5. The first-order chi connectivity index (χ1) is 10.4. The Morgan fingerprint density at radius 1 is 1.00 bits per heavy atom. The molecule has 3 unspecified atom stereocenters. The molecule has 3 atom stereocenters. The average molecular weight is 283 g/mol. The van der Waals surface area contributed by atoms with Gasteiger partial charge in [-0.15, -0.1) is 0 Å². The molecule has 1 heteroatoms. The summed E-state index contributed by atoms with van der Waals surface area (Å²) in [5.74, 6) is 3.86. The third kappa shape index (κ3) is 2.54. The first kappa shape index (κ1) is 13.8. The number of benzene rings is 1. The molecule has 0 heterocycles. The zero-order valence-electron chi connectivity index (χ0n) is 13.4. The molecule has 0 saturated heterocycles. The summed E-state index contributed by atoms with van der Waals surface area (Å²) in [6.45, 7) is 3.43. The van der Waals surface area contributed by atoms with Crippen molar-refractivity contribution in [2.75, 3.05) is 6.54 Å². The predicted octanol–water partition coefficient (Wildman–Crippen LogP) is 5.04. The first-order valence-corrected chi connectivity index (χ1v) is 9.21. The van der Waals surface area contributed by atoms with E-state index in [1.807, 2.05) is 0 Å². The third-order valence-corrected chi connectivity index (χ3v) is 6.34. The van der Waals surface area contributed by atoms with Crippen LogP contribution in [-0.4, -0.2) is 6.54 Å². The second kappa shape index (κ2) is 5.76. The Labute approximate surface area is 129 Å². The largest absolute Gasteiger partial charge is 0.310 e. The lowest BCUT2D eigenvalue weighted by Crippen LogP contribution is -2.25. The van der Waals surface area contributed by atoms with E-state index in [9.17, 15) is 0 Å². The molecule has 3 saturated carbocycles. The van der Waals surface area contributed by atoms with Gasteiger partial charge in [-0.1, -0.05) is 44.0 Å². The maximum absolute atomic E-state index is 3.85. The van der Waals surface area contributed by atoms with E-state index >= 15 is 0 Å². The van der Waals surface area contributed by atoms with Crippen LogP contribution in [0.4, 0.5) is 0 Å². The van der Waals surface area contributed by atoms with Gasteiger partial charge in [-0.2, -0.15) is 0 Å². The highest BCUT2D eigenvalue weighted by Crippen LogP contribution is 2.62. The van der Waals surface area contributed by atoms with Crippen molar-refractivity contribution < 1.29 is 0 Å². The van der Waals surface area contributed by atoms with Crippen molar-refractivity contribution >= 4 is 0 Å². The molecule has 21 heavy (non-hydrogen) atoms. The van der Waals surface area contributed by atoms with Crippen molar-refractivity contribution in [2.24, 2.45) is 17.8 Å². The summed E-state index contributed by atoms with van der Waals surface area (Å²) >= 11 is 0. The highest BCUT2D eigenvalue weighted by molar-refractivity contribution is 5.30. The van der Waals surface area contributed by atoms with Crippen LogP contribution in [0.25, 0.3) is 0 Å². The van der Waals surface area contributed by atoms with E-state index in [1.54, 1.807) is 11.1 Å². The van der Waals surface area contributed by atoms with E-state index in [0.717, 1.165) is 30.2 Å². The minimum Gasteiger partial charge on any atom is -0.310 e. The number of fused-ring (bicyclic) bond motifs is 1. The van der Waals surface area contributed by atoms with E-state index < -0.39 is 0 Å². The molecule has 3 aliphatic rings. The molecule has 114 valence electrons. The quantitative estimate of drug-likeness (QED) is 0.771. The van der Waals surface area contributed by atoms with Gasteiger partial charge in [-0.25, -0.2) is 0 Å². The van der Waals surface area contributed by atoms with E-state index in [2.05, 4.69) is 36.5 Å². The summed E-state index contributed by atoms with van der Waals surface area (Å²) in [6.07, 6.45) is 9.93. The number of hydrogen-bond donors (Lipinski definition) is 1. The highest BCUT2D eigenvalue weighted by Gasteiger charge is 2.55. The van der Waals surface area contributed by atoms with Crippen molar-refractivity contribution in [2.45, 2.75) is 63.8 Å². The Kier molecular flexibility index (Phi) is 3.79. The molecule has 0 amide bonds. The summed E-state index contributed by atoms with van der Waals surface area (Å²) in [5, 5.41) is 3.85. The zero-order valence-corrected chi connectivity index (χ0v) is 13.4. The molecule has 0 aliphatic heterocycles. The molecule has 3 fully saturated rings. The van der Waals surface area contributed by atoms with E-state index in [4.69, 9.17) is 0 Å². The van der Waals surface area contributed by atoms with Crippen LogP contribution in [0.3, 0.4) is 0 Å². The van der Waals surface area contributed by atoms with Crippen LogP contribution in [0, 0.1) is 17.8 Å². The molecule has 1 aromatic carbocycles. The van der Waals surface area contributed by atoms with Gasteiger partial charge in [-0.05, 0) is 73.4 Å². The van der Waals surface area contributed by atoms with Gasteiger partial charge in [0.15, 0.2) is 0 Å². The van der Waals surface area contributed by atoms with Crippen LogP contribution in [0.5, 0.6) is 0 Å². The van der Waals surface area contributed by atoms with Crippen LogP contribution in [0.15, 0.2) is 24.3 Å². The van der Waals surface area contributed by atoms with Gasteiger partial charge >= 0.3 is 0 Å². The Bertz CT molecular complexity index is 463. The molecule has 3 aliphatic carbocycles. The summed E-state index contributed by atoms with van der Waals surface area (Å²) in [6, 6.07) is 10.3. The van der Waals surface area contributed by atoms with Crippen LogP contribution < -0.4 is 5.32 Å². The van der Waals surface area contributed by atoms with Crippen LogP contribution in [-0.2, 0) is 0 Å². The highest BCUT2D eigenvalue weighted by atomic mass is 14.9. The molecular weight excluding hydrogens is 254 g/mol. The summed E-state index contributed by atoms with van der Waals surface area (Å²) in [7, 11) is 0. The number of hydrogen-bond acceptors (Lipinski definition) is 1. The van der Waals surface area contributed by atoms with E-state index in [1.165, 1.54) is 44.9 Å². The first-order valence-electron chi connectivity index (χ1n) is 9.21. The third-order valence-electron chi connectivity index (χ3n) is 6.34. The summed E-state index contributed by atoms with van der Waals surface area (Å²) in [4.78, 5) is 0. The smallest absolute Gasteiger partial charge is 0.0354 e. The minimum atomic E-state index is 0.621. The lowest BCUT2D eigenvalue weighted by Gasteiger charge is -2.27. The Morgan fingerprint density at radius 2 is 1.67 bits per heavy atom. The van der Waals surface area contributed by atoms with Crippen molar-refractivity contribution in [1.29, 1.82) is 0 Å². The monoisotopic (exact) mass is 283 g/mol. The maximum Gasteiger partial charge on any atom is 0.0354 e. The molecule has 1 aromatic rings. The van der Waals surface area contributed by atoms with Gasteiger partial charge in [0.05, 0.1) is 0 Å². The lowest BCUT2D eigenvalue weighted by molar-refractivity contribution is 0.413. The van der Waals surface area contributed by atoms with Crippen LogP contribution in [0.1, 0.15) is 75.0 Å². The number of nitrogens with one attached hydrogen (secondary N) is 1. The SMILES string of the molecule is CCCNC(c1ccc(C2CCC2)cc1)C1C2CCCC21. The van der Waals surface area contributed by atoms with Gasteiger partial charge < -0.3 is 5.32 Å². The molecule has 1 N–H and O–H groups in total. The van der Waals surface area contributed by atoms with Gasteiger partial charge in [0.25, 0.3) is 0 Å². The van der Waals surface area contributed by atoms with E-state index in [-0.39, 0.29) is 0 Å². The fourth-order valence-electron chi connectivity index (χ4n) is 4.86. The second-order valence-electron chi connectivity index (χ2n) is 7.56. The van der Waals surface area contributed by atoms with Crippen LogP contribution in [0.2, 0.25) is 0 Å². The fourth-order valence-corrected chi connectivity index (χ4v) is 4.86. The summed E-state index contributed by atoms with van der Waals surface area (Å²) < 4.78 is 0. The number of rotatable bonds is 6. The van der Waals surface area contributed by atoms with Gasteiger partial charge in [0.1, 0.15) is 0 Å². The molecule has 0 aromatic heterocycles. The molecule has 1 nitrogen and oxygen atoms in total. The molecule has 4 rings (SSSR count). The fraction of sp³-hybridized carbons (Fsp3) is 0.700. The van der Waals surface area contributed by atoms with Gasteiger partial charge in [0, 0.05) is 6.04 Å². The zero-order chi connectivity index (χ0) is 14.2. The summed E-state index contributed by atoms with van der Waals surface area (Å²) in [5.41, 5.74) is 3.13. The maximum atomic E-state index is 3.85. The average Bonchev–Trinajstić information content (AvgIpc) is 2.92. The molecular formula is C20H29N. The van der Waals surface area contributed by atoms with Gasteiger partial charge in [0.2, 0.25) is 0 Å². The second-order valence-corrected chi connectivity index (χ2v) is 7.56. The topological polar surface area (TPSA) is 12.0 Å². The molecule has 0 radical (unpaired) electrons. The predicted molar refractivity (Wildman–Crippen MR) is 88.4 cm³/mol. The Morgan fingerprint density at radius 3 is 2.24 bits per heavy atom. The van der Waals surface area contributed by atoms with Crippen molar-refractivity contribution in [3.63, 3.8) is 0 Å². The molecule has 0 bridgehead atoms. The van der Waals surface area contributed by atoms with Crippen molar-refractivity contribution in [3.05, 3.63) is 35.4 Å². The minimum absolute atomic E-state index is 0.621. The standard InChI is InChI=1S/C20H29N/c1-2-13-21-20(19-17-7-4-8-18(17)19)16-11-9-15(10-12-16)14-5-3-6-14/h9-12,14,17-21H,2-8,13H2,1H3. The van der Waals surface area contributed by atoms with Gasteiger partial charge in [-0.3, -0.25) is 0 Å². The Hall–Kier alpha value is -0.820. The lowest BCUT2D eigenvalue weighted by atomic mass is 9.79.